The molecule has 0 spiro atoms. The van der Waals surface area contributed by atoms with Crippen molar-refractivity contribution >= 4 is 5.82 Å². The van der Waals surface area contributed by atoms with E-state index in [0.29, 0.717) is 18.0 Å². The first-order valence-electron chi connectivity index (χ1n) is 5.03. The summed E-state index contributed by atoms with van der Waals surface area (Å²) in [6.45, 7) is 2.30. The van der Waals surface area contributed by atoms with Crippen LogP contribution in [0, 0.1) is 11.3 Å². The fourth-order valence-corrected chi connectivity index (χ4v) is 1.58. The normalized spacial score (nSPS) is 21.6. The molecule has 2 heterocycles. The Balaban J connectivity index is 2.21. The number of nitrogens with zero attached hydrogens (tertiary/aromatic N) is 4. The Bertz CT molecular complexity index is 428. The molecule has 84 valence electrons. The van der Waals surface area contributed by atoms with Crippen molar-refractivity contribution in [2.75, 3.05) is 32.5 Å². The molecule has 16 heavy (non-hydrogen) atoms. The second-order valence-electron chi connectivity index (χ2n) is 3.76. The predicted octanol–water partition coefficient (Wildman–Crippen LogP) is -0.0664. The highest BCUT2D eigenvalue weighted by Crippen LogP contribution is 2.19. The zero-order valence-corrected chi connectivity index (χ0v) is 9.05. The van der Waals surface area contributed by atoms with Gasteiger partial charge < -0.3 is 15.4 Å². The van der Waals surface area contributed by atoms with E-state index in [1.165, 1.54) is 6.20 Å². The number of hydrogen-bond acceptors (Lipinski definition) is 6. The molecular weight excluding hydrogens is 206 g/mol. The fourth-order valence-electron chi connectivity index (χ4n) is 1.58. The average molecular weight is 219 g/mol. The van der Waals surface area contributed by atoms with Gasteiger partial charge in [-0.25, -0.2) is 9.97 Å². The van der Waals surface area contributed by atoms with Crippen molar-refractivity contribution in [1.29, 1.82) is 5.26 Å². The van der Waals surface area contributed by atoms with E-state index in [4.69, 9.17) is 15.7 Å². The maximum absolute atomic E-state index is 8.71. The molecule has 1 aromatic rings. The summed E-state index contributed by atoms with van der Waals surface area (Å²) in [6, 6.07) is 1.93. The first kappa shape index (κ1) is 10.8. The van der Waals surface area contributed by atoms with Gasteiger partial charge >= 0.3 is 0 Å². The highest BCUT2D eigenvalue weighted by molar-refractivity contribution is 5.46. The number of likely N-dealkylation sites (N-methyl/N-ethyl adjacent to an activating group) is 1. The lowest BCUT2D eigenvalue weighted by atomic mass is 10.2. The zero-order chi connectivity index (χ0) is 11.5. The third-order valence-electron chi connectivity index (χ3n) is 2.51. The van der Waals surface area contributed by atoms with Gasteiger partial charge in [0.1, 0.15) is 23.6 Å². The average Bonchev–Trinajstić information content (AvgIpc) is 2.29. The third kappa shape index (κ3) is 2.10. The molecule has 1 aliphatic rings. The lowest BCUT2D eigenvalue weighted by Crippen LogP contribution is -2.36. The number of ether oxygens (including phenoxy) is 1. The van der Waals surface area contributed by atoms with Gasteiger partial charge in [-0.2, -0.15) is 5.26 Å². The number of nitrogen functional groups attached to an aromatic ring is 1. The molecule has 0 aliphatic carbocycles. The van der Waals surface area contributed by atoms with Gasteiger partial charge in [0.05, 0.1) is 12.8 Å². The number of nitriles is 1. The third-order valence-corrected chi connectivity index (χ3v) is 2.51. The minimum Gasteiger partial charge on any atom is -0.382 e. The molecule has 1 fully saturated rings. The highest BCUT2D eigenvalue weighted by atomic mass is 16.5. The monoisotopic (exact) mass is 219 g/mol. The van der Waals surface area contributed by atoms with Gasteiger partial charge in [-0.3, -0.25) is 0 Å². The Kier molecular flexibility index (Phi) is 2.99. The second kappa shape index (κ2) is 4.43. The lowest BCUT2D eigenvalue weighted by Gasteiger charge is -2.28. The van der Waals surface area contributed by atoms with Crippen molar-refractivity contribution in [3.8, 4) is 6.07 Å². The first-order chi connectivity index (χ1) is 7.70. The van der Waals surface area contributed by atoms with Crippen LogP contribution >= 0.6 is 0 Å². The molecule has 2 N–H and O–H groups in total. The molecule has 0 aromatic carbocycles. The summed E-state index contributed by atoms with van der Waals surface area (Å²) in [7, 11) is 2.02. The lowest BCUT2D eigenvalue weighted by molar-refractivity contribution is -0.0254. The molecule has 0 amide bonds. The molecule has 1 aliphatic heterocycles. The van der Waals surface area contributed by atoms with Crippen molar-refractivity contribution in [2.45, 2.75) is 6.10 Å². The molecule has 1 saturated heterocycles. The van der Waals surface area contributed by atoms with Crippen LogP contribution in [0.3, 0.4) is 0 Å². The van der Waals surface area contributed by atoms with Crippen LogP contribution < -0.4 is 5.73 Å². The number of aromatic nitrogens is 2. The van der Waals surface area contributed by atoms with E-state index >= 15 is 0 Å². The van der Waals surface area contributed by atoms with Crippen LogP contribution in [0.4, 0.5) is 5.82 Å². The van der Waals surface area contributed by atoms with E-state index in [2.05, 4.69) is 14.9 Å². The molecule has 6 heteroatoms. The number of rotatable bonds is 1. The van der Waals surface area contributed by atoms with Crippen LogP contribution in [-0.4, -0.2) is 41.6 Å². The van der Waals surface area contributed by atoms with Crippen molar-refractivity contribution in [1.82, 2.24) is 14.9 Å². The van der Waals surface area contributed by atoms with Crippen molar-refractivity contribution < 1.29 is 4.74 Å². The molecule has 0 bridgehead atoms. The number of anilines is 1. The Morgan fingerprint density at radius 2 is 2.50 bits per heavy atom. The van der Waals surface area contributed by atoms with Gasteiger partial charge in [0.25, 0.3) is 0 Å². The van der Waals surface area contributed by atoms with Crippen molar-refractivity contribution in [2.24, 2.45) is 0 Å². The molecular formula is C10H13N5O. The topological polar surface area (TPSA) is 88.1 Å². The van der Waals surface area contributed by atoms with Crippen LogP contribution in [0.15, 0.2) is 6.20 Å². The molecule has 0 radical (unpaired) electrons. The Hall–Kier alpha value is -1.71. The van der Waals surface area contributed by atoms with E-state index in [-0.39, 0.29) is 11.9 Å². The summed E-state index contributed by atoms with van der Waals surface area (Å²) >= 11 is 0. The van der Waals surface area contributed by atoms with Gasteiger partial charge in [0.2, 0.25) is 0 Å². The van der Waals surface area contributed by atoms with Crippen molar-refractivity contribution in [3.05, 3.63) is 17.6 Å². The summed E-state index contributed by atoms with van der Waals surface area (Å²) < 4.78 is 5.56. The summed E-state index contributed by atoms with van der Waals surface area (Å²) in [4.78, 5) is 10.3. The van der Waals surface area contributed by atoms with Crippen LogP contribution in [0.25, 0.3) is 0 Å². The highest BCUT2D eigenvalue weighted by Gasteiger charge is 2.22. The standard InChI is InChI=1S/C10H13N5O/c1-15-2-3-16-8(6-15)10-13-5-7(4-11)9(12)14-10/h5,8H,2-3,6H2,1H3,(H2,12,13,14). The number of morpholine rings is 1. The minimum absolute atomic E-state index is 0.159. The quantitative estimate of drug-likeness (QED) is 0.711. The van der Waals surface area contributed by atoms with E-state index in [1.807, 2.05) is 13.1 Å². The van der Waals surface area contributed by atoms with Crippen LogP contribution in [0.2, 0.25) is 0 Å². The smallest absolute Gasteiger partial charge is 0.160 e. The van der Waals surface area contributed by atoms with Crippen molar-refractivity contribution in [3.63, 3.8) is 0 Å². The van der Waals surface area contributed by atoms with Gasteiger partial charge in [-0.1, -0.05) is 0 Å². The maximum atomic E-state index is 8.71. The van der Waals surface area contributed by atoms with Crippen LogP contribution in [0.1, 0.15) is 17.5 Å². The SMILES string of the molecule is CN1CCOC(c2ncc(C#N)c(N)n2)C1. The summed E-state index contributed by atoms with van der Waals surface area (Å²) in [6.07, 6.45) is 1.28. The molecule has 0 saturated carbocycles. The fraction of sp³-hybridized carbons (Fsp3) is 0.500. The first-order valence-corrected chi connectivity index (χ1v) is 5.03. The summed E-state index contributed by atoms with van der Waals surface area (Å²) in [5.41, 5.74) is 5.93. The van der Waals surface area contributed by atoms with E-state index < -0.39 is 0 Å². The molecule has 1 aromatic heterocycles. The molecule has 1 atom stereocenters. The van der Waals surface area contributed by atoms with E-state index in [1.54, 1.807) is 0 Å². The van der Waals surface area contributed by atoms with Gasteiger partial charge in [-0.05, 0) is 7.05 Å². The zero-order valence-electron chi connectivity index (χ0n) is 9.05. The summed E-state index contributed by atoms with van der Waals surface area (Å²) in [5, 5.41) is 8.71. The molecule has 6 nitrogen and oxygen atoms in total. The largest absolute Gasteiger partial charge is 0.382 e. The number of nitrogens with two attached hydrogens (primary N) is 1. The Labute approximate surface area is 93.7 Å². The molecule has 1 unspecified atom stereocenters. The predicted molar refractivity (Wildman–Crippen MR) is 57.3 cm³/mol. The summed E-state index contributed by atoms with van der Waals surface area (Å²) in [5.74, 6) is 0.757. The van der Waals surface area contributed by atoms with Gasteiger partial charge in [0, 0.05) is 13.1 Å². The minimum atomic E-state index is -0.159. The van der Waals surface area contributed by atoms with Crippen LogP contribution in [0.5, 0.6) is 0 Å². The Morgan fingerprint density at radius 1 is 1.69 bits per heavy atom. The van der Waals surface area contributed by atoms with Gasteiger partial charge in [-0.15, -0.1) is 0 Å². The second-order valence-corrected chi connectivity index (χ2v) is 3.76. The van der Waals surface area contributed by atoms with Gasteiger partial charge in [0.15, 0.2) is 5.82 Å². The van der Waals surface area contributed by atoms with E-state index in [0.717, 1.165) is 13.1 Å². The van der Waals surface area contributed by atoms with Crippen LogP contribution in [-0.2, 0) is 4.74 Å². The Morgan fingerprint density at radius 3 is 3.12 bits per heavy atom. The number of hydrogen-bond donors (Lipinski definition) is 1. The van der Waals surface area contributed by atoms with E-state index in [9.17, 15) is 0 Å². The maximum Gasteiger partial charge on any atom is 0.160 e. The molecule has 2 rings (SSSR count).